The lowest BCUT2D eigenvalue weighted by Gasteiger charge is -2.33. The molecule has 0 aromatic heterocycles. The summed E-state index contributed by atoms with van der Waals surface area (Å²) in [5.41, 5.74) is 0.706. The second-order valence-electron chi connectivity index (χ2n) is 13.0. The Bertz CT molecular complexity index is 1280. The molecule has 3 rings (SSSR count). The molecule has 1 fully saturated rings. The predicted molar refractivity (Wildman–Crippen MR) is 167 cm³/mol. The van der Waals surface area contributed by atoms with Crippen LogP contribution in [0.4, 0.5) is 4.79 Å². The Morgan fingerprint density at radius 2 is 1.79 bits per heavy atom. The molecule has 2 heterocycles. The number of esters is 1. The average Bonchev–Trinajstić information content (AvgIpc) is 2.91. The van der Waals surface area contributed by atoms with Crippen LogP contribution in [0.1, 0.15) is 66.4 Å². The standard InChI is InChI=1S/C32H49N3O7S/c1-22-11-13-26(36)21-29(37)42-30(23(2)12-14-28(22)41-31(38)35-17-15-34(7)16-18-35)24(3)19-25-9-8-10-27(20-25)43(39,40)33-32(4,5)6/h8-10,12,14,19-20,22-23,26,28,30,33,36H,11,13,15-18,21H2,1-7H3/b14-12+,24-19+/t22-,23-,26+,28+,30-/m0/s1. The van der Waals surface area contributed by atoms with Gasteiger partial charge in [-0.1, -0.05) is 38.1 Å². The van der Waals surface area contributed by atoms with Crippen molar-refractivity contribution in [1.82, 2.24) is 14.5 Å². The Labute approximate surface area is 257 Å². The van der Waals surface area contributed by atoms with Crippen molar-refractivity contribution >= 4 is 28.2 Å². The lowest BCUT2D eigenvalue weighted by Crippen LogP contribution is -2.48. The molecular weight excluding hydrogens is 570 g/mol. The highest BCUT2D eigenvalue weighted by Crippen LogP contribution is 2.26. The number of aliphatic hydroxyl groups is 1. The number of rotatable bonds is 5. The highest BCUT2D eigenvalue weighted by molar-refractivity contribution is 7.89. The predicted octanol–water partition coefficient (Wildman–Crippen LogP) is 4.20. The van der Waals surface area contributed by atoms with Crippen LogP contribution >= 0.6 is 0 Å². The fourth-order valence-electron chi connectivity index (χ4n) is 5.21. The number of carbonyl (C=O) groups is 2. The third-order valence-corrected chi connectivity index (χ3v) is 9.46. The molecule has 5 atom stereocenters. The summed E-state index contributed by atoms with van der Waals surface area (Å²) in [4.78, 5) is 29.9. The zero-order valence-corrected chi connectivity index (χ0v) is 27.4. The molecule has 10 nitrogen and oxygen atoms in total. The van der Waals surface area contributed by atoms with Crippen molar-refractivity contribution in [2.75, 3.05) is 33.2 Å². The van der Waals surface area contributed by atoms with E-state index in [1.807, 2.05) is 40.0 Å². The smallest absolute Gasteiger partial charge is 0.410 e. The minimum Gasteiger partial charge on any atom is -0.457 e. The van der Waals surface area contributed by atoms with Gasteiger partial charge in [0.15, 0.2) is 0 Å². The normalized spacial score (nSPS) is 27.9. The number of hydrogen-bond acceptors (Lipinski definition) is 8. The van der Waals surface area contributed by atoms with Gasteiger partial charge in [0.25, 0.3) is 0 Å². The van der Waals surface area contributed by atoms with Gasteiger partial charge in [0, 0.05) is 37.6 Å². The third kappa shape index (κ3) is 10.7. The van der Waals surface area contributed by atoms with E-state index < -0.39 is 39.8 Å². The summed E-state index contributed by atoms with van der Waals surface area (Å²) in [6.07, 6.45) is 3.90. The van der Waals surface area contributed by atoms with Crippen molar-refractivity contribution in [3.8, 4) is 0 Å². The van der Waals surface area contributed by atoms with Crippen molar-refractivity contribution in [2.24, 2.45) is 11.8 Å². The van der Waals surface area contributed by atoms with Gasteiger partial charge in [-0.05, 0) is 82.8 Å². The first-order valence-electron chi connectivity index (χ1n) is 15.1. The molecule has 0 unspecified atom stereocenters. The van der Waals surface area contributed by atoms with Crippen LogP contribution in [-0.2, 0) is 24.3 Å². The number of carbonyl (C=O) groups excluding carboxylic acids is 2. The molecule has 0 bridgehead atoms. The number of likely N-dealkylation sites (N-methyl/N-ethyl adjacent to an activating group) is 1. The molecule has 11 heteroatoms. The number of sulfonamides is 1. The lowest BCUT2D eigenvalue weighted by atomic mass is 9.91. The molecule has 1 saturated heterocycles. The summed E-state index contributed by atoms with van der Waals surface area (Å²) in [5, 5.41) is 10.6. The third-order valence-electron chi connectivity index (χ3n) is 7.71. The fourth-order valence-corrected chi connectivity index (χ4v) is 6.68. The molecule has 1 aromatic carbocycles. The quantitative estimate of drug-likeness (QED) is 0.371. The second kappa shape index (κ2) is 14.8. The van der Waals surface area contributed by atoms with Gasteiger partial charge in [0.05, 0.1) is 17.4 Å². The number of aliphatic hydroxyl groups excluding tert-OH is 1. The van der Waals surface area contributed by atoms with Crippen LogP contribution in [0.3, 0.4) is 0 Å². The molecule has 0 saturated carbocycles. The molecule has 1 amide bonds. The van der Waals surface area contributed by atoms with E-state index in [0.29, 0.717) is 37.1 Å². The summed E-state index contributed by atoms with van der Waals surface area (Å²) >= 11 is 0. The maximum atomic E-state index is 13.0. The molecule has 1 aromatic rings. The Morgan fingerprint density at radius 3 is 2.44 bits per heavy atom. The van der Waals surface area contributed by atoms with Crippen LogP contribution in [0.5, 0.6) is 0 Å². The van der Waals surface area contributed by atoms with Crippen molar-refractivity contribution in [3.05, 3.63) is 47.6 Å². The first-order chi connectivity index (χ1) is 20.0. The first kappa shape index (κ1) is 34.8. The molecule has 0 radical (unpaired) electrons. The van der Waals surface area contributed by atoms with Crippen molar-refractivity contribution < 1.29 is 32.6 Å². The number of cyclic esters (lactones) is 1. The Kier molecular flexibility index (Phi) is 12.0. The minimum absolute atomic E-state index is 0.0774. The number of ether oxygens (including phenoxy) is 2. The topological polar surface area (TPSA) is 125 Å². The molecule has 43 heavy (non-hydrogen) atoms. The molecule has 2 aliphatic rings. The lowest BCUT2D eigenvalue weighted by molar-refractivity contribution is -0.151. The molecule has 2 N–H and O–H groups in total. The summed E-state index contributed by atoms with van der Waals surface area (Å²) in [6.45, 7) is 13.8. The number of nitrogens with zero attached hydrogens (tertiary/aromatic N) is 2. The van der Waals surface area contributed by atoms with Crippen LogP contribution < -0.4 is 4.72 Å². The van der Waals surface area contributed by atoms with Crippen LogP contribution in [0, 0.1) is 11.8 Å². The molecule has 0 aliphatic carbocycles. The van der Waals surface area contributed by atoms with Crippen LogP contribution in [0.15, 0.2) is 46.9 Å². The zero-order chi connectivity index (χ0) is 31.9. The molecular formula is C32H49N3O7S. The van der Waals surface area contributed by atoms with Gasteiger partial charge in [0.1, 0.15) is 12.2 Å². The van der Waals surface area contributed by atoms with E-state index in [2.05, 4.69) is 9.62 Å². The van der Waals surface area contributed by atoms with Gasteiger partial charge in [0.2, 0.25) is 10.0 Å². The van der Waals surface area contributed by atoms with Crippen LogP contribution in [0.2, 0.25) is 0 Å². The van der Waals surface area contributed by atoms with E-state index in [-0.39, 0.29) is 29.2 Å². The maximum Gasteiger partial charge on any atom is 0.410 e. The zero-order valence-electron chi connectivity index (χ0n) is 26.6. The molecule has 2 aliphatic heterocycles. The number of nitrogens with one attached hydrogen (secondary N) is 1. The van der Waals surface area contributed by atoms with Crippen LogP contribution in [0.25, 0.3) is 6.08 Å². The number of hydrogen-bond donors (Lipinski definition) is 2. The van der Waals surface area contributed by atoms with E-state index in [1.54, 1.807) is 49.9 Å². The maximum absolute atomic E-state index is 13.0. The van der Waals surface area contributed by atoms with Gasteiger partial charge in [-0.2, -0.15) is 0 Å². The summed E-state index contributed by atoms with van der Waals surface area (Å²) in [6, 6.07) is 6.57. The van der Waals surface area contributed by atoms with Gasteiger partial charge in [-0.15, -0.1) is 0 Å². The summed E-state index contributed by atoms with van der Waals surface area (Å²) < 4.78 is 40.3. The largest absolute Gasteiger partial charge is 0.457 e. The number of amides is 1. The number of piperazine rings is 1. The number of benzene rings is 1. The van der Waals surface area contributed by atoms with Crippen LogP contribution in [-0.4, -0.2) is 92.5 Å². The minimum atomic E-state index is -3.74. The van der Waals surface area contributed by atoms with E-state index >= 15 is 0 Å². The van der Waals surface area contributed by atoms with Gasteiger partial charge in [-0.3, -0.25) is 4.79 Å². The van der Waals surface area contributed by atoms with Gasteiger partial charge in [-0.25, -0.2) is 17.9 Å². The van der Waals surface area contributed by atoms with E-state index in [0.717, 1.165) is 13.1 Å². The average molecular weight is 620 g/mol. The van der Waals surface area contributed by atoms with Gasteiger partial charge >= 0.3 is 12.1 Å². The highest BCUT2D eigenvalue weighted by Gasteiger charge is 2.29. The Morgan fingerprint density at radius 1 is 1.12 bits per heavy atom. The molecule has 240 valence electrons. The van der Waals surface area contributed by atoms with E-state index in [4.69, 9.17) is 9.47 Å². The monoisotopic (exact) mass is 619 g/mol. The van der Waals surface area contributed by atoms with Crippen molar-refractivity contribution in [2.45, 2.75) is 89.6 Å². The second-order valence-corrected chi connectivity index (χ2v) is 14.7. The summed E-state index contributed by atoms with van der Waals surface area (Å²) in [5.74, 6) is -0.891. The Hall–Kier alpha value is -2.73. The van der Waals surface area contributed by atoms with E-state index in [1.165, 1.54) is 6.07 Å². The first-order valence-corrected chi connectivity index (χ1v) is 16.5. The summed E-state index contributed by atoms with van der Waals surface area (Å²) in [7, 11) is -1.71. The fraction of sp³-hybridized carbons (Fsp3) is 0.625. The highest BCUT2D eigenvalue weighted by atomic mass is 32.2. The van der Waals surface area contributed by atoms with E-state index in [9.17, 15) is 23.1 Å². The van der Waals surface area contributed by atoms with Crippen molar-refractivity contribution in [3.63, 3.8) is 0 Å². The van der Waals surface area contributed by atoms with Crippen molar-refractivity contribution in [1.29, 1.82) is 0 Å². The SMILES string of the molecule is C/C(=C\c1cccc(S(=O)(=O)NC(C)(C)C)c1)[C@H]1OC(=O)C[C@H](O)CC[C@H](C)[C@H](OC(=O)N2CCN(C)CC2)/C=C/[C@@H]1C. The molecule has 0 spiro atoms. The van der Waals surface area contributed by atoms with Gasteiger partial charge < -0.3 is 24.4 Å². The Balaban J connectivity index is 1.87.